The Labute approximate surface area is 205 Å². The summed E-state index contributed by atoms with van der Waals surface area (Å²) in [6.07, 6.45) is 0.771. The maximum absolute atomic E-state index is 13.0. The van der Waals surface area contributed by atoms with E-state index in [9.17, 15) is 14.4 Å². The van der Waals surface area contributed by atoms with Crippen molar-refractivity contribution in [3.8, 4) is 11.1 Å². The molecule has 2 aliphatic rings. The van der Waals surface area contributed by atoms with Gasteiger partial charge in [0.25, 0.3) is 0 Å². The van der Waals surface area contributed by atoms with Gasteiger partial charge in [-0.2, -0.15) is 0 Å². The summed E-state index contributed by atoms with van der Waals surface area (Å²) in [7, 11) is 0. The fourth-order valence-electron chi connectivity index (χ4n) is 5.06. The number of carbonyl (C=O) groups excluding carboxylic acids is 2. The first-order valence-electron chi connectivity index (χ1n) is 12.2. The highest BCUT2D eigenvalue weighted by molar-refractivity contribution is 5.80. The van der Waals surface area contributed by atoms with Gasteiger partial charge < -0.3 is 24.8 Å². The molecule has 2 aromatic rings. The van der Waals surface area contributed by atoms with Crippen molar-refractivity contribution in [3.63, 3.8) is 0 Å². The molecular weight excluding hydrogens is 448 g/mol. The van der Waals surface area contributed by atoms with Crippen LogP contribution in [0.5, 0.6) is 0 Å². The lowest BCUT2D eigenvalue weighted by Crippen LogP contribution is -2.51. The number of carboxylic acids is 1. The lowest BCUT2D eigenvalue weighted by atomic mass is 9.98. The second kappa shape index (κ2) is 11.4. The Hall–Kier alpha value is -3.39. The molecule has 0 spiro atoms. The quantitative estimate of drug-likeness (QED) is 0.566. The predicted octanol–water partition coefficient (Wildman–Crippen LogP) is 3.79. The van der Waals surface area contributed by atoms with Crippen molar-refractivity contribution < 1.29 is 29.0 Å². The third kappa shape index (κ3) is 5.82. The van der Waals surface area contributed by atoms with Crippen LogP contribution in [0.3, 0.4) is 0 Å². The van der Waals surface area contributed by atoms with E-state index < -0.39 is 24.1 Å². The van der Waals surface area contributed by atoms with Gasteiger partial charge >= 0.3 is 12.1 Å². The van der Waals surface area contributed by atoms with E-state index in [1.54, 1.807) is 4.90 Å². The molecule has 2 atom stereocenters. The maximum Gasteiger partial charge on any atom is 0.407 e. The largest absolute Gasteiger partial charge is 0.481 e. The first kappa shape index (κ1) is 24.7. The van der Waals surface area contributed by atoms with E-state index in [4.69, 9.17) is 14.6 Å². The third-order valence-corrected chi connectivity index (χ3v) is 6.68. The first-order chi connectivity index (χ1) is 17.0. The second-order valence-electron chi connectivity index (χ2n) is 9.07. The van der Waals surface area contributed by atoms with Crippen molar-refractivity contribution in [2.24, 2.45) is 0 Å². The Morgan fingerprint density at radius 2 is 1.77 bits per heavy atom. The van der Waals surface area contributed by atoms with E-state index in [-0.39, 0.29) is 37.9 Å². The number of aliphatic carboxylic acids is 1. The van der Waals surface area contributed by atoms with Gasteiger partial charge in [-0.15, -0.1) is 0 Å². The number of nitrogens with one attached hydrogen (secondary N) is 1. The molecule has 0 saturated carbocycles. The fourth-order valence-corrected chi connectivity index (χ4v) is 5.06. The number of ether oxygens (including phenoxy) is 2. The second-order valence-corrected chi connectivity index (χ2v) is 9.07. The molecule has 8 heteroatoms. The van der Waals surface area contributed by atoms with Gasteiger partial charge in [0, 0.05) is 24.9 Å². The van der Waals surface area contributed by atoms with E-state index in [1.165, 1.54) is 0 Å². The van der Waals surface area contributed by atoms with Crippen LogP contribution in [0.1, 0.15) is 49.7 Å². The Balaban J connectivity index is 1.36. The number of carboxylic acid groups (broad SMARTS) is 1. The van der Waals surface area contributed by atoms with Gasteiger partial charge in [0.05, 0.1) is 25.7 Å². The van der Waals surface area contributed by atoms with Crippen molar-refractivity contribution in [1.29, 1.82) is 0 Å². The molecule has 1 heterocycles. The third-order valence-electron chi connectivity index (χ3n) is 6.68. The molecule has 8 nitrogen and oxygen atoms in total. The maximum atomic E-state index is 13.0. The van der Waals surface area contributed by atoms with Gasteiger partial charge in [0.15, 0.2) is 0 Å². The Morgan fingerprint density at radius 3 is 2.40 bits per heavy atom. The molecule has 186 valence electrons. The summed E-state index contributed by atoms with van der Waals surface area (Å²) < 4.78 is 11.0. The van der Waals surface area contributed by atoms with Crippen LogP contribution in [0.4, 0.5) is 4.79 Å². The summed E-state index contributed by atoms with van der Waals surface area (Å²) in [4.78, 5) is 38.4. The van der Waals surface area contributed by atoms with Crippen molar-refractivity contribution in [2.75, 3.05) is 26.4 Å². The highest BCUT2D eigenvalue weighted by Crippen LogP contribution is 2.44. The number of hydrogen-bond donors (Lipinski definition) is 2. The van der Waals surface area contributed by atoms with Crippen LogP contribution in [0, 0.1) is 0 Å². The number of alkyl carbamates (subject to hydrolysis) is 1. The smallest absolute Gasteiger partial charge is 0.407 e. The number of nitrogens with zero attached hydrogens (tertiary/aromatic N) is 1. The zero-order chi connectivity index (χ0) is 24.8. The van der Waals surface area contributed by atoms with E-state index in [1.807, 2.05) is 31.2 Å². The first-order valence-corrected chi connectivity index (χ1v) is 12.2. The number of benzene rings is 2. The van der Waals surface area contributed by atoms with Gasteiger partial charge in [0.1, 0.15) is 6.61 Å². The van der Waals surface area contributed by atoms with Gasteiger partial charge in [-0.3, -0.25) is 9.59 Å². The number of hydrogen-bond acceptors (Lipinski definition) is 5. The van der Waals surface area contributed by atoms with Crippen molar-refractivity contribution in [3.05, 3.63) is 59.7 Å². The van der Waals surface area contributed by atoms with Crippen molar-refractivity contribution in [2.45, 2.75) is 50.6 Å². The average molecular weight is 481 g/mol. The molecule has 2 amide bonds. The Bertz CT molecular complexity index is 1030. The highest BCUT2D eigenvalue weighted by Gasteiger charge is 2.32. The Morgan fingerprint density at radius 1 is 1.11 bits per heavy atom. The Kier molecular flexibility index (Phi) is 8.02. The van der Waals surface area contributed by atoms with Crippen LogP contribution >= 0.6 is 0 Å². The molecule has 2 unspecified atom stereocenters. The zero-order valence-electron chi connectivity index (χ0n) is 19.9. The number of carbonyl (C=O) groups is 3. The summed E-state index contributed by atoms with van der Waals surface area (Å²) in [5.74, 6) is -1.19. The molecule has 0 radical (unpaired) electrons. The number of fused-ring (bicyclic) bond motifs is 3. The van der Waals surface area contributed by atoms with Crippen LogP contribution in [0.25, 0.3) is 11.1 Å². The van der Waals surface area contributed by atoms with Gasteiger partial charge in [-0.25, -0.2) is 4.79 Å². The zero-order valence-corrected chi connectivity index (χ0v) is 19.9. The van der Waals surface area contributed by atoms with E-state index >= 15 is 0 Å². The molecule has 1 fully saturated rings. The minimum atomic E-state index is -0.972. The predicted molar refractivity (Wildman–Crippen MR) is 130 cm³/mol. The van der Waals surface area contributed by atoms with Gasteiger partial charge in [-0.1, -0.05) is 61.9 Å². The lowest BCUT2D eigenvalue weighted by molar-refractivity contribution is -0.146. The summed E-state index contributed by atoms with van der Waals surface area (Å²) in [6, 6.07) is 15.4. The van der Waals surface area contributed by atoms with Crippen LogP contribution in [-0.4, -0.2) is 66.4 Å². The minimum absolute atomic E-state index is 0.0375. The molecule has 2 aromatic carbocycles. The number of morpholine rings is 1. The summed E-state index contributed by atoms with van der Waals surface area (Å²) in [5.41, 5.74) is 4.60. The van der Waals surface area contributed by atoms with Crippen LogP contribution in [0.2, 0.25) is 0 Å². The normalized spacial score (nSPS) is 17.9. The number of amides is 2. The molecular formula is C27H32N2O6. The topological polar surface area (TPSA) is 105 Å². The number of rotatable bonds is 9. The highest BCUT2D eigenvalue weighted by atomic mass is 16.5. The van der Waals surface area contributed by atoms with Crippen molar-refractivity contribution in [1.82, 2.24) is 10.2 Å². The van der Waals surface area contributed by atoms with Gasteiger partial charge in [-0.05, 0) is 28.7 Å². The fraction of sp³-hybridized carbons (Fsp3) is 0.444. The minimum Gasteiger partial charge on any atom is -0.481 e. The standard InChI is InChI=1S/C27H32N2O6/c1-2-7-18(14-25(30)29-12-13-34-16-19(29)15-26(31)32)28-27(33)35-17-24-22-10-5-3-8-20(22)21-9-4-6-11-23(21)24/h3-6,8-11,18-19,24H,2,7,12-17H2,1H3,(H,28,33)(H,31,32). The molecule has 35 heavy (non-hydrogen) atoms. The average Bonchev–Trinajstić information content (AvgIpc) is 3.16. The van der Waals surface area contributed by atoms with Crippen LogP contribution in [0.15, 0.2) is 48.5 Å². The van der Waals surface area contributed by atoms with Crippen molar-refractivity contribution >= 4 is 18.0 Å². The molecule has 1 aliphatic heterocycles. The summed E-state index contributed by atoms with van der Waals surface area (Å²) in [6.45, 7) is 3.12. The summed E-state index contributed by atoms with van der Waals surface area (Å²) in [5, 5.41) is 12.0. The molecule has 2 N–H and O–H groups in total. The van der Waals surface area contributed by atoms with Crippen LogP contribution < -0.4 is 5.32 Å². The SMILES string of the molecule is CCCC(CC(=O)N1CCOCC1CC(=O)O)NC(=O)OCC1c2ccccc2-c2ccccc21. The van der Waals surface area contributed by atoms with Crippen LogP contribution in [-0.2, 0) is 19.1 Å². The molecule has 4 rings (SSSR count). The van der Waals surface area contributed by atoms with E-state index in [2.05, 4.69) is 29.6 Å². The monoisotopic (exact) mass is 480 g/mol. The lowest BCUT2D eigenvalue weighted by Gasteiger charge is -2.35. The molecule has 0 bridgehead atoms. The van der Waals surface area contributed by atoms with E-state index in [0.717, 1.165) is 28.7 Å². The summed E-state index contributed by atoms with van der Waals surface area (Å²) >= 11 is 0. The van der Waals surface area contributed by atoms with Gasteiger partial charge in [0.2, 0.25) is 5.91 Å². The molecule has 1 saturated heterocycles. The molecule has 0 aromatic heterocycles. The van der Waals surface area contributed by atoms with E-state index in [0.29, 0.717) is 19.6 Å². The molecule has 1 aliphatic carbocycles.